The molecule has 0 fully saturated rings. The molecular weight excluding hydrogens is 206 g/mol. The van der Waals surface area contributed by atoms with Crippen molar-refractivity contribution in [2.45, 2.75) is 32.7 Å². The summed E-state index contributed by atoms with van der Waals surface area (Å²) in [5.74, 6) is 0. The van der Waals surface area contributed by atoms with E-state index in [-0.39, 0.29) is 0 Å². The number of pyridine rings is 1. The zero-order valence-electron chi connectivity index (χ0n) is 9.16. The summed E-state index contributed by atoms with van der Waals surface area (Å²) in [4.78, 5) is 3.94. The minimum Gasteiger partial charge on any atom is -0.360 e. The first-order chi connectivity index (χ1) is 7.22. The summed E-state index contributed by atoms with van der Waals surface area (Å²) in [6.07, 6.45) is 5.75. The molecule has 0 aliphatic rings. The van der Waals surface area contributed by atoms with Gasteiger partial charge in [-0.05, 0) is 37.7 Å². The number of thiocarbonyl (C=S) groups is 1. The van der Waals surface area contributed by atoms with Crippen LogP contribution in [0.5, 0.6) is 0 Å². The van der Waals surface area contributed by atoms with E-state index in [2.05, 4.69) is 29.5 Å². The second kappa shape index (κ2) is 6.35. The van der Waals surface area contributed by atoms with Gasteiger partial charge in [-0.25, -0.2) is 0 Å². The molecule has 1 aromatic rings. The van der Waals surface area contributed by atoms with Crippen LogP contribution in [-0.4, -0.2) is 16.1 Å². The summed E-state index contributed by atoms with van der Waals surface area (Å²) in [5, 5.41) is 7.01. The van der Waals surface area contributed by atoms with Crippen LogP contribution in [0.25, 0.3) is 0 Å². The van der Waals surface area contributed by atoms with Crippen molar-refractivity contribution in [1.29, 1.82) is 0 Å². The maximum Gasteiger partial charge on any atom is 0.170 e. The lowest BCUT2D eigenvalue weighted by Gasteiger charge is -2.15. The summed E-state index contributed by atoms with van der Waals surface area (Å²) in [7, 11) is 0. The van der Waals surface area contributed by atoms with E-state index >= 15 is 0 Å². The second-order valence-electron chi connectivity index (χ2n) is 3.52. The van der Waals surface area contributed by atoms with Crippen LogP contribution in [0.1, 0.15) is 26.7 Å². The SMILES string of the molecule is CCC[C@@H](C)NC(=S)Nc1ccncc1. The van der Waals surface area contributed by atoms with Crippen molar-refractivity contribution in [2.75, 3.05) is 5.32 Å². The van der Waals surface area contributed by atoms with Crippen LogP contribution >= 0.6 is 12.2 Å². The molecule has 2 N–H and O–H groups in total. The zero-order valence-corrected chi connectivity index (χ0v) is 9.97. The van der Waals surface area contributed by atoms with E-state index in [4.69, 9.17) is 12.2 Å². The number of hydrogen-bond acceptors (Lipinski definition) is 2. The molecule has 0 aliphatic heterocycles. The number of anilines is 1. The fraction of sp³-hybridized carbons (Fsp3) is 0.455. The first-order valence-electron chi connectivity index (χ1n) is 5.20. The standard InChI is InChI=1S/C11H17N3S/c1-3-4-9(2)13-11(15)14-10-5-7-12-8-6-10/h5-9H,3-4H2,1-2H3,(H2,12,13,14,15)/t9-/m1/s1. The van der Waals surface area contributed by atoms with Crippen LogP contribution in [0.3, 0.4) is 0 Å². The molecule has 0 unspecified atom stereocenters. The number of rotatable bonds is 4. The van der Waals surface area contributed by atoms with E-state index in [1.807, 2.05) is 12.1 Å². The van der Waals surface area contributed by atoms with Crippen molar-refractivity contribution < 1.29 is 0 Å². The second-order valence-corrected chi connectivity index (χ2v) is 3.93. The van der Waals surface area contributed by atoms with Crippen LogP contribution < -0.4 is 10.6 Å². The third kappa shape index (κ3) is 4.74. The Morgan fingerprint density at radius 1 is 1.47 bits per heavy atom. The zero-order chi connectivity index (χ0) is 11.1. The van der Waals surface area contributed by atoms with Gasteiger partial charge in [0.05, 0.1) is 0 Å². The van der Waals surface area contributed by atoms with Gasteiger partial charge < -0.3 is 10.6 Å². The monoisotopic (exact) mass is 223 g/mol. The van der Waals surface area contributed by atoms with Gasteiger partial charge in [-0.15, -0.1) is 0 Å². The summed E-state index contributed by atoms with van der Waals surface area (Å²) in [6.45, 7) is 4.29. The third-order valence-electron chi connectivity index (χ3n) is 2.04. The van der Waals surface area contributed by atoms with Gasteiger partial charge in [0.1, 0.15) is 0 Å². The smallest absolute Gasteiger partial charge is 0.170 e. The van der Waals surface area contributed by atoms with Crippen molar-refractivity contribution >= 4 is 23.0 Å². The Hall–Kier alpha value is -1.16. The number of hydrogen-bond donors (Lipinski definition) is 2. The number of aromatic nitrogens is 1. The van der Waals surface area contributed by atoms with E-state index in [0.717, 1.165) is 18.5 Å². The molecule has 0 bridgehead atoms. The molecule has 15 heavy (non-hydrogen) atoms. The molecule has 1 heterocycles. The van der Waals surface area contributed by atoms with E-state index in [1.54, 1.807) is 12.4 Å². The van der Waals surface area contributed by atoms with Gasteiger partial charge in [-0.2, -0.15) is 0 Å². The molecule has 0 aromatic carbocycles. The molecule has 0 saturated carbocycles. The van der Waals surface area contributed by atoms with Gasteiger partial charge in [-0.3, -0.25) is 4.98 Å². The van der Waals surface area contributed by atoms with Crippen LogP contribution in [0.2, 0.25) is 0 Å². The minimum atomic E-state index is 0.414. The Morgan fingerprint density at radius 3 is 2.73 bits per heavy atom. The van der Waals surface area contributed by atoms with Crippen molar-refractivity contribution in [1.82, 2.24) is 10.3 Å². The summed E-state index contributed by atoms with van der Waals surface area (Å²) in [5.41, 5.74) is 0.964. The van der Waals surface area contributed by atoms with E-state index in [9.17, 15) is 0 Å². The van der Waals surface area contributed by atoms with Gasteiger partial charge >= 0.3 is 0 Å². The van der Waals surface area contributed by atoms with Crippen molar-refractivity contribution in [3.63, 3.8) is 0 Å². The highest BCUT2D eigenvalue weighted by Crippen LogP contribution is 2.03. The molecule has 0 radical (unpaired) electrons. The molecule has 82 valence electrons. The van der Waals surface area contributed by atoms with Gasteiger partial charge in [0, 0.05) is 24.1 Å². The van der Waals surface area contributed by atoms with Crippen LogP contribution in [-0.2, 0) is 0 Å². The van der Waals surface area contributed by atoms with Gasteiger partial charge in [-0.1, -0.05) is 13.3 Å². The summed E-state index contributed by atoms with van der Waals surface area (Å²) < 4.78 is 0. The average Bonchev–Trinajstić information content (AvgIpc) is 2.19. The molecular formula is C11H17N3S. The van der Waals surface area contributed by atoms with Crippen LogP contribution in [0.15, 0.2) is 24.5 Å². The lowest BCUT2D eigenvalue weighted by atomic mass is 10.2. The summed E-state index contributed by atoms with van der Waals surface area (Å²) in [6, 6.07) is 4.19. The average molecular weight is 223 g/mol. The molecule has 0 spiro atoms. The van der Waals surface area contributed by atoms with E-state index in [1.165, 1.54) is 0 Å². The van der Waals surface area contributed by atoms with E-state index in [0.29, 0.717) is 11.2 Å². The third-order valence-corrected chi connectivity index (χ3v) is 2.26. The van der Waals surface area contributed by atoms with Gasteiger partial charge in [0.15, 0.2) is 5.11 Å². The Labute approximate surface area is 96.3 Å². The van der Waals surface area contributed by atoms with Crippen molar-refractivity contribution in [2.24, 2.45) is 0 Å². The first kappa shape index (κ1) is 11.9. The maximum absolute atomic E-state index is 5.18. The van der Waals surface area contributed by atoms with Crippen molar-refractivity contribution in [3.05, 3.63) is 24.5 Å². The number of nitrogens with one attached hydrogen (secondary N) is 2. The highest BCUT2D eigenvalue weighted by molar-refractivity contribution is 7.80. The normalized spacial score (nSPS) is 11.9. The maximum atomic E-state index is 5.18. The largest absolute Gasteiger partial charge is 0.360 e. The van der Waals surface area contributed by atoms with Crippen LogP contribution in [0.4, 0.5) is 5.69 Å². The fourth-order valence-corrected chi connectivity index (χ4v) is 1.65. The Kier molecular flexibility index (Phi) is 5.04. The molecule has 3 nitrogen and oxygen atoms in total. The molecule has 1 atom stereocenters. The Balaban J connectivity index is 2.36. The quantitative estimate of drug-likeness (QED) is 0.769. The predicted octanol–water partition coefficient (Wildman–Crippen LogP) is 2.56. The Morgan fingerprint density at radius 2 is 2.13 bits per heavy atom. The highest BCUT2D eigenvalue weighted by atomic mass is 32.1. The number of nitrogens with zero attached hydrogens (tertiary/aromatic N) is 1. The predicted molar refractivity (Wildman–Crippen MR) is 68.0 cm³/mol. The lowest BCUT2D eigenvalue weighted by Crippen LogP contribution is -2.35. The summed E-state index contributed by atoms with van der Waals surface area (Å²) >= 11 is 5.18. The minimum absolute atomic E-state index is 0.414. The molecule has 0 saturated heterocycles. The molecule has 0 aliphatic carbocycles. The first-order valence-corrected chi connectivity index (χ1v) is 5.60. The van der Waals surface area contributed by atoms with Gasteiger partial charge in [0.25, 0.3) is 0 Å². The topological polar surface area (TPSA) is 37.0 Å². The molecule has 1 aromatic heterocycles. The lowest BCUT2D eigenvalue weighted by molar-refractivity contribution is 0.599. The van der Waals surface area contributed by atoms with Gasteiger partial charge in [0.2, 0.25) is 0 Å². The van der Waals surface area contributed by atoms with Crippen LogP contribution in [0, 0.1) is 0 Å². The fourth-order valence-electron chi connectivity index (χ4n) is 1.33. The van der Waals surface area contributed by atoms with E-state index < -0.39 is 0 Å². The Bertz CT molecular complexity index is 300. The molecule has 1 rings (SSSR count). The van der Waals surface area contributed by atoms with Crippen molar-refractivity contribution in [3.8, 4) is 0 Å². The molecule has 0 amide bonds. The molecule has 4 heteroatoms. The highest BCUT2D eigenvalue weighted by Gasteiger charge is 2.02.